The molecule has 1 heterocycles. The molecule has 1 rings (SSSR count). The van der Waals surface area contributed by atoms with Gasteiger partial charge in [-0.05, 0) is 31.9 Å². The number of carbonyl (C=O) groups is 2. The largest absolute Gasteiger partial charge is 0.459 e. The van der Waals surface area contributed by atoms with Gasteiger partial charge in [0.15, 0.2) is 0 Å². The highest BCUT2D eigenvalue weighted by Gasteiger charge is 2.04. The maximum atomic E-state index is 11.3. The van der Waals surface area contributed by atoms with Gasteiger partial charge in [-0.1, -0.05) is 6.07 Å². The second-order valence-electron chi connectivity index (χ2n) is 3.89. The second kappa shape index (κ2) is 7.54. The molecule has 0 N–H and O–H groups in total. The maximum absolute atomic E-state index is 11.3. The van der Waals surface area contributed by atoms with Gasteiger partial charge in [-0.15, -0.1) is 0 Å². The average Bonchev–Trinajstić information content (AvgIpc) is 2.33. The van der Waals surface area contributed by atoms with Crippen molar-refractivity contribution in [1.82, 2.24) is 4.98 Å². The molecule has 1 aromatic heterocycles. The zero-order chi connectivity index (χ0) is 12.5. The predicted octanol–water partition coefficient (Wildman–Crippen LogP) is 2.27. The molecular formula is C13H17NO3. The summed E-state index contributed by atoms with van der Waals surface area (Å²) in [6.45, 7) is 1.77. The molecule has 4 heteroatoms. The Morgan fingerprint density at radius 1 is 1.24 bits per heavy atom. The van der Waals surface area contributed by atoms with E-state index >= 15 is 0 Å². The summed E-state index contributed by atoms with van der Waals surface area (Å²) in [5.41, 5.74) is 0.740. The van der Waals surface area contributed by atoms with Crippen molar-refractivity contribution in [1.29, 1.82) is 0 Å². The lowest BCUT2D eigenvalue weighted by Crippen LogP contribution is -2.05. The third-order valence-electron chi connectivity index (χ3n) is 2.27. The molecule has 0 aliphatic carbocycles. The molecule has 1 aromatic rings. The SMILES string of the molecule is CC(=O)CCCCC(=O)OCc1ccccn1. The quantitative estimate of drug-likeness (QED) is 0.537. The van der Waals surface area contributed by atoms with Gasteiger partial charge in [0.2, 0.25) is 0 Å². The molecule has 17 heavy (non-hydrogen) atoms. The number of ketones is 1. The van der Waals surface area contributed by atoms with E-state index in [0.717, 1.165) is 12.1 Å². The number of carbonyl (C=O) groups excluding carboxylic acids is 2. The van der Waals surface area contributed by atoms with E-state index in [-0.39, 0.29) is 18.4 Å². The standard InChI is InChI=1S/C13H17NO3/c1-11(15)6-2-3-8-13(16)17-10-12-7-4-5-9-14-12/h4-5,7,9H,2-3,6,8,10H2,1H3. The Bertz CT molecular complexity index is 362. The van der Waals surface area contributed by atoms with Crippen molar-refractivity contribution in [3.05, 3.63) is 30.1 Å². The van der Waals surface area contributed by atoms with Gasteiger partial charge in [0.1, 0.15) is 12.4 Å². The van der Waals surface area contributed by atoms with Crippen LogP contribution in [0.4, 0.5) is 0 Å². The number of ether oxygens (including phenoxy) is 1. The summed E-state index contributed by atoms with van der Waals surface area (Å²) < 4.78 is 5.05. The summed E-state index contributed by atoms with van der Waals surface area (Å²) in [7, 11) is 0. The highest BCUT2D eigenvalue weighted by Crippen LogP contribution is 2.04. The Labute approximate surface area is 101 Å². The van der Waals surface area contributed by atoms with E-state index < -0.39 is 0 Å². The molecule has 0 amide bonds. The topological polar surface area (TPSA) is 56.3 Å². The van der Waals surface area contributed by atoms with Gasteiger partial charge in [-0.3, -0.25) is 9.78 Å². The molecule has 0 aliphatic rings. The highest BCUT2D eigenvalue weighted by molar-refractivity contribution is 5.75. The van der Waals surface area contributed by atoms with Crippen molar-refractivity contribution in [2.75, 3.05) is 0 Å². The van der Waals surface area contributed by atoms with Gasteiger partial charge >= 0.3 is 5.97 Å². The van der Waals surface area contributed by atoms with E-state index in [1.807, 2.05) is 18.2 Å². The molecule has 0 atom stereocenters. The number of pyridine rings is 1. The van der Waals surface area contributed by atoms with Crippen LogP contribution >= 0.6 is 0 Å². The summed E-state index contributed by atoms with van der Waals surface area (Å²) in [5, 5.41) is 0. The number of rotatable bonds is 7. The van der Waals surface area contributed by atoms with E-state index in [0.29, 0.717) is 19.3 Å². The van der Waals surface area contributed by atoms with Crippen LogP contribution in [0.25, 0.3) is 0 Å². The van der Waals surface area contributed by atoms with Crippen molar-refractivity contribution < 1.29 is 14.3 Å². The number of unbranched alkanes of at least 4 members (excludes halogenated alkanes) is 1. The lowest BCUT2D eigenvalue weighted by atomic mass is 10.1. The summed E-state index contributed by atoms with van der Waals surface area (Å²) in [4.78, 5) is 26.0. The third kappa shape index (κ3) is 6.45. The van der Waals surface area contributed by atoms with E-state index in [1.54, 1.807) is 13.1 Å². The fourth-order valence-electron chi connectivity index (χ4n) is 1.35. The molecule has 0 saturated carbocycles. The lowest BCUT2D eigenvalue weighted by molar-refractivity contribution is -0.145. The summed E-state index contributed by atoms with van der Waals surface area (Å²) in [5.74, 6) is -0.0777. The van der Waals surface area contributed by atoms with Crippen LogP contribution in [0.15, 0.2) is 24.4 Å². The molecule has 0 bridgehead atoms. The number of hydrogen-bond donors (Lipinski definition) is 0. The van der Waals surface area contributed by atoms with Crippen LogP contribution in [0.5, 0.6) is 0 Å². The zero-order valence-corrected chi connectivity index (χ0v) is 10.0. The van der Waals surface area contributed by atoms with E-state index in [2.05, 4.69) is 4.98 Å². The molecule has 0 fully saturated rings. The lowest BCUT2D eigenvalue weighted by Gasteiger charge is -2.03. The molecule has 0 saturated heterocycles. The van der Waals surface area contributed by atoms with Crippen LogP contribution < -0.4 is 0 Å². The number of aromatic nitrogens is 1. The summed E-state index contributed by atoms with van der Waals surface area (Å²) in [6, 6.07) is 5.47. The minimum atomic E-state index is -0.237. The number of Topliss-reactive ketones (excluding diaryl/α,β-unsaturated/α-hetero) is 1. The molecule has 4 nitrogen and oxygen atoms in total. The Morgan fingerprint density at radius 2 is 2.00 bits per heavy atom. The van der Waals surface area contributed by atoms with Gasteiger partial charge in [0.05, 0.1) is 5.69 Å². The van der Waals surface area contributed by atoms with Crippen LogP contribution in [-0.4, -0.2) is 16.7 Å². The normalized spacial score (nSPS) is 9.94. The van der Waals surface area contributed by atoms with E-state index in [1.165, 1.54) is 0 Å². The molecule has 0 aromatic carbocycles. The van der Waals surface area contributed by atoms with Crippen molar-refractivity contribution in [3.63, 3.8) is 0 Å². The fourth-order valence-corrected chi connectivity index (χ4v) is 1.35. The van der Waals surface area contributed by atoms with E-state index in [9.17, 15) is 9.59 Å². The van der Waals surface area contributed by atoms with Crippen LogP contribution in [-0.2, 0) is 20.9 Å². The van der Waals surface area contributed by atoms with Gasteiger partial charge in [0.25, 0.3) is 0 Å². The predicted molar refractivity (Wildman–Crippen MR) is 63.2 cm³/mol. The molecule has 92 valence electrons. The zero-order valence-electron chi connectivity index (χ0n) is 10.0. The molecule has 0 unspecified atom stereocenters. The Balaban J connectivity index is 2.11. The Kier molecular flexibility index (Phi) is 5.93. The minimum absolute atomic E-state index is 0.159. The number of nitrogens with zero attached hydrogens (tertiary/aromatic N) is 1. The third-order valence-corrected chi connectivity index (χ3v) is 2.27. The first-order chi connectivity index (χ1) is 8.18. The van der Waals surface area contributed by atoms with Crippen molar-refractivity contribution in [3.8, 4) is 0 Å². The van der Waals surface area contributed by atoms with Gasteiger partial charge in [-0.2, -0.15) is 0 Å². The van der Waals surface area contributed by atoms with E-state index in [4.69, 9.17) is 4.74 Å². The second-order valence-corrected chi connectivity index (χ2v) is 3.89. The molecule has 0 aliphatic heterocycles. The molecule has 0 radical (unpaired) electrons. The van der Waals surface area contributed by atoms with Crippen LogP contribution in [0.2, 0.25) is 0 Å². The smallest absolute Gasteiger partial charge is 0.306 e. The number of hydrogen-bond acceptors (Lipinski definition) is 4. The van der Waals surface area contributed by atoms with Crippen molar-refractivity contribution >= 4 is 11.8 Å². The summed E-state index contributed by atoms with van der Waals surface area (Å²) >= 11 is 0. The van der Waals surface area contributed by atoms with Crippen molar-refractivity contribution in [2.24, 2.45) is 0 Å². The Hall–Kier alpha value is -1.71. The Morgan fingerprint density at radius 3 is 2.65 bits per heavy atom. The minimum Gasteiger partial charge on any atom is -0.459 e. The van der Waals surface area contributed by atoms with Gasteiger partial charge in [-0.25, -0.2) is 0 Å². The fraction of sp³-hybridized carbons (Fsp3) is 0.462. The first kappa shape index (κ1) is 13.4. The van der Waals surface area contributed by atoms with Gasteiger partial charge in [0, 0.05) is 19.0 Å². The highest BCUT2D eigenvalue weighted by atomic mass is 16.5. The maximum Gasteiger partial charge on any atom is 0.306 e. The van der Waals surface area contributed by atoms with Crippen LogP contribution in [0, 0.1) is 0 Å². The monoisotopic (exact) mass is 235 g/mol. The number of esters is 1. The van der Waals surface area contributed by atoms with Crippen LogP contribution in [0.1, 0.15) is 38.3 Å². The summed E-state index contributed by atoms with van der Waals surface area (Å²) in [6.07, 6.45) is 4.00. The van der Waals surface area contributed by atoms with Gasteiger partial charge < -0.3 is 9.53 Å². The average molecular weight is 235 g/mol. The first-order valence-electron chi connectivity index (χ1n) is 5.73. The van der Waals surface area contributed by atoms with Crippen molar-refractivity contribution in [2.45, 2.75) is 39.2 Å². The van der Waals surface area contributed by atoms with Crippen LogP contribution in [0.3, 0.4) is 0 Å². The molecule has 0 spiro atoms. The molecular weight excluding hydrogens is 218 g/mol. The first-order valence-corrected chi connectivity index (χ1v) is 5.73.